The molecule has 0 radical (unpaired) electrons. The van der Waals surface area contributed by atoms with Crippen LogP contribution in [0, 0.1) is 0 Å². The van der Waals surface area contributed by atoms with Gasteiger partial charge < -0.3 is 10.2 Å². The van der Waals surface area contributed by atoms with Gasteiger partial charge in [-0.05, 0) is 6.07 Å². The Morgan fingerprint density at radius 1 is 0.882 bits per heavy atom. The molecule has 0 aliphatic heterocycles. The molecule has 0 aromatic carbocycles. The first kappa shape index (κ1) is 13.7. The summed E-state index contributed by atoms with van der Waals surface area (Å²) >= 11 is 0. The van der Waals surface area contributed by atoms with Crippen molar-refractivity contribution in [2.45, 2.75) is 18.1 Å². The van der Waals surface area contributed by atoms with E-state index < -0.39 is 29.3 Å². The first-order chi connectivity index (χ1) is 7.46. The molecule has 0 unspecified atom stereocenters. The Kier molecular flexibility index (Phi) is 3.10. The van der Waals surface area contributed by atoms with Crippen LogP contribution in [0.1, 0.15) is 11.1 Å². The number of aliphatic hydroxyl groups is 2. The lowest BCUT2D eigenvalue weighted by molar-refractivity contribution is -0.358. The van der Waals surface area contributed by atoms with Gasteiger partial charge in [-0.15, -0.1) is 0 Å². The predicted molar refractivity (Wildman–Crippen MR) is 41.4 cm³/mol. The molecule has 0 saturated heterocycles. The van der Waals surface area contributed by atoms with E-state index in [0.29, 0.717) is 6.20 Å². The lowest BCUT2D eigenvalue weighted by atomic mass is 10.1. The molecule has 1 rings (SSSR count). The number of hydrogen-bond acceptors (Lipinski definition) is 3. The van der Waals surface area contributed by atoms with Crippen LogP contribution in [-0.4, -0.2) is 21.4 Å². The van der Waals surface area contributed by atoms with Crippen molar-refractivity contribution in [3.8, 4) is 0 Å². The second-order valence-electron chi connectivity index (χ2n) is 3.13. The average molecular weight is 261 g/mol. The van der Waals surface area contributed by atoms with E-state index in [4.69, 9.17) is 10.2 Å². The van der Waals surface area contributed by atoms with Gasteiger partial charge in [0.2, 0.25) is 0 Å². The average Bonchev–Trinajstić information content (AvgIpc) is 2.15. The SMILES string of the molecule is OC(O)(c1cncc(C(F)(F)F)c1)C(F)(F)F. The van der Waals surface area contributed by atoms with Crippen molar-refractivity contribution in [1.29, 1.82) is 0 Å². The summed E-state index contributed by atoms with van der Waals surface area (Å²) in [4.78, 5) is 2.89. The predicted octanol–water partition coefficient (Wildman–Crippen LogP) is 1.80. The zero-order valence-electron chi connectivity index (χ0n) is 7.84. The Hall–Kier alpha value is -1.35. The van der Waals surface area contributed by atoms with E-state index in [1.54, 1.807) is 0 Å². The summed E-state index contributed by atoms with van der Waals surface area (Å²) in [5.74, 6) is -4.37. The smallest absolute Gasteiger partial charge is 0.355 e. The Balaban J connectivity index is 3.26. The summed E-state index contributed by atoms with van der Waals surface area (Å²) in [6, 6.07) is -0.0273. The zero-order valence-corrected chi connectivity index (χ0v) is 7.84. The molecule has 96 valence electrons. The topological polar surface area (TPSA) is 53.4 Å². The third-order valence-electron chi connectivity index (χ3n) is 1.86. The summed E-state index contributed by atoms with van der Waals surface area (Å²) in [5.41, 5.74) is -2.91. The second kappa shape index (κ2) is 3.84. The van der Waals surface area contributed by atoms with E-state index in [1.807, 2.05) is 0 Å². The fourth-order valence-electron chi connectivity index (χ4n) is 0.949. The maximum absolute atomic E-state index is 12.2. The minimum atomic E-state index is -5.53. The van der Waals surface area contributed by atoms with Gasteiger partial charge in [0.1, 0.15) is 0 Å². The van der Waals surface area contributed by atoms with Crippen LogP contribution >= 0.6 is 0 Å². The monoisotopic (exact) mass is 261 g/mol. The highest BCUT2D eigenvalue weighted by Gasteiger charge is 2.55. The van der Waals surface area contributed by atoms with Crippen LogP contribution in [-0.2, 0) is 12.0 Å². The van der Waals surface area contributed by atoms with Gasteiger partial charge in [0, 0.05) is 18.0 Å². The van der Waals surface area contributed by atoms with Crippen LogP contribution in [0.2, 0.25) is 0 Å². The van der Waals surface area contributed by atoms with Crippen molar-refractivity contribution in [2.24, 2.45) is 0 Å². The van der Waals surface area contributed by atoms with Gasteiger partial charge in [-0.2, -0.15) is 26.3 Å². The van der Waals surface area contributed by atoms with Crippen LogP contribution in [0.25, 0.3) is 0 Å². The van der Waals surface area contributed by atoms with E-state index >= 15 is 0 Å². The Morgan fingerprint density at radius 3 is 1.76 bits per heavy atom. The van der Waals surface area contributed by atoms with E-state index in [1.165, 1.54) is 0 Å². The number of nitrogens with zero attached hydrogens (tertiary/aromatic N) is 1. The number of halogens is 6. The molecule has 1 heterocycles. The van der Waals surface area contributed by atoms with Crippen molar-refractivity contribution < 1.29 is 36.6 Å². The molecule has 17 heavy (non-hydrogen) atoms. The molecule has 0 fully saturated rings. The van der Waals surface area contributed by atoms with Crippen LogP contribution in [0.15, 0.2) is 18.5 Å². The molecule has 0 bridgehead atoms. The number of alkyl halides is 6. The van der Waals surface area contributed by atoms with E-state index in [9.17, 15) is 26.3 Å². The number of aromatic nitrogens is 1. The van der Waals surface area contributed by atoms with Crippen molar-refractivity contribution >= 4 is 0 Å². The highest BCUT2D eigenvalue weighted by atomic mass is 19.4. The number of hydrogen-bond donors (Lipinski definition) is 2. The molecular weight excluding hydrogens is 256 g/mol. The highest BCUT2D eigenvalue weighted by molar-refractivity contribution is 5.25. The van der Waals surface area contributed by atoms with Gasteiger partial charge in [-0.1, -0.05) is 0 Å². The van der Waals surface area contributed by atoms with E-state index in [0.717, 1.165) is 0 Å². The lowest BCUT2D eigenvalue weighted by Crippen LogP contribution is -2.42. The molecule has 0 atom stereocenters. The van der Waals surface area contributed by atoms with Crippen LogP contribution in [0.3, 0.4) is 0 Å². The highest BCUT2D eigenvalue weighted by Crippen LogP contribution is 2.38. The molecule has 0 saturated carbocycles. The summed E-state index contributed by atoms with van der Waals surface area (Å²) in [5, 5.41) is 17.5. The molecule has 3 nitrogen and oxygen atoms in total. The molecule has 0 aliphatic carbocycles. The zero-order chi connectivity index (χ0) is 13.5. The quantitative estimate of drug-likeness (QED) is 0.598. The van der Waals surface area contributed by atoms with Crippen molar-refractivity contribution in [3.05, 3.63) is 29.6 Å². The van der Waals surface area contributed by atoms with Crippen LogP contribution in [0.4, 0.5) is 26.3 Å². The summed E-state index contributed by atoms with van der Waals surface area (Å²) in [7, 11) is 0. The summed E-state index contributed by atoms with van der Waals surface area (Å²) < 4.78 is 72.9. The minimum Gasteiger partial charge on any atom is -0.355 e. The number of rotatable bonds is 1. The third kappa shape index (κ3) is 2.67. The molecule has 9 heteroatoms. The van der Waals surface area contributed by atoms with Crippen molar-refractivity contribution in [2.75, 3.05) is 0 Å². The van der Waals surface area contributed by atoms with Gasteiger partial charge >= 0.3 is 12.4 Å². The maximum atomic E-state index is 12.2. The normalized spacial score (nSPS) is 13.9. The molecule has 1 aromatic rings. The van der Waals surface area contributed by atoms with Gasteiger partial charge in [0.25, 0.3) is 5.79 Å². The molecule has 0 spiro atoms. The van der Waals surface area contributed by atoms with Gasteiger partial charge in [-0.25, -0.2) is 0 Å². The molecule has 1 aromatic heterocycles. The van der Waals surface area contributed by atoms with E-state index in [-0.39, 0.29) is 12.3 Å². The minimum absolute atomic E-state index is 0.0273. The van der Waals surface area contributed by atoms with Crippen molar-refractivity contribution in [1.82, 2.24) is 4.98 Å². The molecule has 0 aliphatic rings. The standard InChI is InChI=1S/C8H5F6NO2/c9-7(10,11)5-1-4(2-15-3-5)6(16,17)8(12,13)14/h1-3,16-17H. The lowest BCUT2D eigenvalue weighted by Gasteiger charge is -2.24. The Morgan fingerprint density at radius 2 is 1.35 bits per heavy atom. The summed E-state index contributed by atoms with van der Waals surface area (Å²) in [6.45, 7) is 0. The maximum Gasteiger partial charge on any atom is 0.447 e. The number of pyridine rings is 1. The van der Waals surface area contributed by atoms with Crippen LogP contribution < -0.4 is 0 Å². The molecule has 0 amide bonds. The van der Waals surface area contributed by atoms with E-state index in [2.05, 4.69) is 4.98 Å². The fraction of sp³-hybridized carbons (Fsp3) is 0.375. The van der Waals surface area contributed by atoms with Gasteiger partial charge in [-0.3, -0.25) is 4.98 Å². The van der Waals surface area contributed by atoms with Gasteiger partial charge in [0.05, 0.1) is 5.56 Å². The Labute approximate surface area is 90.3 Å². The second-order valence-corrected chi connectivity index (χ2v) is 3.13. The first-order valence-corrected chi connectivity index (χ1v) is 4.00. The fourth-order valence-corrected chi connectivity index (χ4v) is 0.949. The Bertz CT molecular complexity index is 411. The largest absolute Gasteiger partial charge is 0.447 e. The molecular formula is C8H5F6NO2. The van der Waals surface area contributed by atoms with Gasteiger partial charge in [0.15, 0.2) is 0 Å². The summed E-state index contributed by atoms with van der Waals surface area (Å²) in [6.07, 6.45) is -9.89. The first-order valence-electron chi connectivity index (χ1n) is 4.00. The third-order valence-corrected chi connectivity index (χ3v) is 1.86. The van der Waals surface area contributed by atoms with Crippen LogP contribution in [0.5, 0.6) is 0 Å². The van der Waals surface area contributed by atoms with Crippen molar-refractivity contribution in [3.63, 3.8) is 0 Å². The molecule has 2 N–H and O–H groups in total.